The monoisotopic (exact) mass is 306 g/mol. The Bertz CT molecular complexity index is 807. The fraction of sp³-hybridized carbons (Fsp3) is 0.158. The van der Waals surface area contributed by atoms with Crippen molar-refractivity contribution in [3.8, 4) is 22.8 Å². The maximum Gasteiger partial charge on any atom is 0.252 e. The third-order valence-electron chi connectivity index (χ3n) is 3.39. The summed E-state index contributed by atoms with van der Waals surface area (Å²) in [5.74, 6) is 0.994. The fourth-order valence-electron chi connectivity index (χ4n) is 2.34. The molecule has 0 aliphatic carbocycles. The Morgan fingerprint density at radius 2 is 1.74 bits per heavy atom. The van der Waals surface area contributed by atoms with Gasteiger partial charge in [-0.25, -0.2) is 4.98 Å². The molecule has 0 aliphatic heterocycles. The van der Waals surface area contributed by atoms with Gasteiger partial charge in [0.05, 0.1) is 11.8 Å². The third kappa shape index (κ3) is 3.31. The Balaban J connectivity index is 1.97. The molecule has 0 fully saturated rings. The van der Waals surface area contributed by atoms with Gasteiger partial charge in [0.2, 0.25) is 5.89 Å². The van der Waals surface area contributed by atoms with Crippen molar-refractivity contribution in [1.82, 2.24) is 10.3 Å². The van der Waals surface area contributed by atoms with E-state index in [2.05, 4.69) is 10.3 Å². The zero-order valence-corrected chi connectivity index (χ0v) is 13.1. The molecule has 0 aliphatic rings. The van der Waals surface area contributed by atoms with Gasteiger partial charge in [-0.05, 0) is 26.0 Å². The van der Waals surface area contributed by atoms with Crippen LogP contribution >= 0.6 is 0 Å². The molecule has 0 radical (unpaired) electrons. The first-order valence-corrected chi connectivity index (χ1v) is 7.56. The number of hydrogen-bond acceptors (Lipinski definition) is 3. The molecule has 3 rings (SSSR count). The first-order chi connectivity index (χ1) is 11.1. The maximum absolute atomic E-state index is 12.3. The summed E-state index contributed by atoms with van der Waals surface area (Å²) in [6.45, 7) is 3.86. The molecule has 1 N–H and O–H groups in total. The van der Waals surface area contributed by atoms with Crippen molar-refractivity contribution in [3.05, 3.63) is 66.4 Å². The summed E-state index contributed by atoms with van der Waals surface area (Å²) in [5.41, 5.74) is 2.20. The van der Waals surface area contributed by atoms with Crippen LogP contribution in [0.1, 0.15) is 24.2 Å². The second kappa shape index (κ2) is 6.48. The molecule has 1 aromatic heterocycles. The highest BCUT2D eigenvalue weighted by Crippen LogP contribution is 2.28. The number of carbonyl (C=O) groups excluding carboxylic acids is 1. The number of benzene rings is 2. The summed E-state index contributed by atoms with van der Waals surface area (Å²) < 4.78 is 5.86. The molecule has 0 unspecified atom stereocenters. The van der Waals surface area contributed by atoms with E-state index >= 15 is 0 Å². The van der Waals surface area contributed by atoms with E-state index < -0.39 is 0 Å². The number of aromatic nitrogens is 1. The van der Waals surface area contributed by atoms with Crippen molar-refractivity contribution < 1.29 is 9.21 Å². The summed E-state index contributed by atoms with van der Waals surface area (Å²) in [6.07, 6.45) is 1.68. The van der Waals surface area contributed by atoms with E-state index in [0.29, 0.717) is 22.8 Å². The van der Waals surface area contributed by atoms with Crippen LogP contribution in [0.15, 0.2) is 65.2 Å². The van der Waals surface area contributed by atoms with Crippen molar-refractivity contribution in [1.29, 1.82) is 0 Å². The quantitative estimate of drug-likeness (QED) is 0.788. The Morgan fingerprint density at radius 3 is 2.48 bits per heavy atom. The van der Waals surface area contributed by atoms with Crippen LogP contribution in [0, 0.1) is 0 Å². The Kier molecular flexibility index (Phi) is 4.24. The second-order valence-corrected chi connectivity index (χ2v) is 5.57. The summed E-state index contributed by atoms with van der Waals surface area (Å²) in [6, 6.07) is 17.2. The molecule has 0 saturated carbocycles. The lowest BCUT2D eigenvalue weighted by molar-refractivity contribution is 0.0943. The van der Waals surface area contributed by atoms with E-state index in [1.54, 1.807) is 12.3 Å². The van der Waals surface area contributed by atoms with Crippen LogP contribution in [0.3, 0.4) is 0 Å². The van der Waals surface area contributed by atoms with Crippen LogP contribution in [-0.4, -0.2) is 16.9 Å². The van der Waals surface area contributed by atoms with Crippen LogP contribution in [0.4, 0.5) is 0 Å². The smallest absolute Gasteiger partial charge is 0.252 e. The number of rotatable bonds is 4. The highest BCUT2D eigenvalue weighted by Gasteiger charge is 2.17. The van der Waals surface area contributed by atoms with E-state index in [0.717, 1.165) is 5.56 Å². The molecule has 1 heterocycles. The van der Waals surface area contributed by atoms with Gasteiger partial charge in [0.25, 0.3) is 5.91 Å². The van der Waals surface area contributed by atoms with Crippen molar-refractivity contribution >= 4 is 5.91 Å². The lowest BCUT2D eigenvalue weighted by Gasteiger charge is -2.10. The van der Waals surface area contributed by atoms with Crippen molar-refractivity contribution in [2.45, 2.75) is 19.9 Å². The van der Waals surface area contributed by atoms with Gasteiger partial charge in [-0.2, -0.15) is 0 Å². The fourth-order valence-corrected chi connectivity index (χ4v) is 2.34. The summed E-state index contributed by atoms with van der Waals surface area (Å²) >= 11 is 0. The number of carbonyl (C=O) groups is 1. The van der Waals surface area contributed by atoms with Gasteiger partial charge in [-0.3, -0.25) is 4.79 Å². The zero-order chi connectivity index (χ0) is 16.2. The number of nitrogens with one attached hydrogen (secondary N) is 1. The van der Waals surface area contributed by atoms with Gasteiger partial charge in [-0.1, -0.05) is 42.5 Å². The minimum absolute atomic E-state index is 0.0694. The molecular weight excluding hydrogens is 288 g/mol. The van der Waals surface area contributed by atoms with Crippen molar-refractivity contribution in [2.24, 2.45) is 0 Å². The van der Waals surface area contributed by atoms with Gasteiger partial charge in [0.1, 0.15) is 0 Å². The van der Waals surface area contributed by atoms with Gasteiger partial charge in [0.15, 0.2) is 5.76 Å². The molecule has 0 atom stereocenters. The lowest BCUT2D eigenvalue weighted by Crippen LogP contribution is -2.30. The predicted octanol–water partition coefficient (Wildman–Crippen LogP) is 4.15. The zero-order valence-electron chi connectivity index (χ0n) is 13.1. The molecule has 4 heteroatoms. The van der Waals surface area contributed by atoms with Crippen LogP contribution < -0.4 is 5.32 Å². The summed E-state index contributed by atoms with van der Waals surface area (Å²) in [4.78, 5) is 16.7. The molecule has 0 spiro atoms. The molecule has 0 saturated heterocycles. The van der Waals surface area contributed by atoms with E-state index in [-0.39, 0.29) is 11.9 Å². The first-order valence-electron chi connectivity index (χ1n) is 7.56. The minimum atomic E-state index is -0.130. The topological polar surface area (TPSA) is 55.1 Å². The Hall–Kier alpha value is -2.88. The van der Waals surface area contributed by atoms with E-state index in [1.807, 2.05) is 62.4 Å². The average molecular weight is 306 g/mol. The van der Waals surface area contributed by atoms with E-state index in [1.165, 1.54) is 0 Å². The minimum Gasteiger partial charge on any atom is -0.436 e. The molecule has 116 valence electrons. The van der Waals surface area contributed by atoms with E-state index in [9.17, 15) is 4.79 Å². The molecule has 0 bridgehead atoms. The van der Waals surface area contributed by atoms with Gasteiger partial charge in [0, 0.05) is 17.2 Å². The predicted molar refractivity (Wildman–Crippen MR) is 90.0 cm³/mol. The number of nitrogens with zero attached hydrogens (tertiary/aromatic N) is 1. The molecule has 23 heavy (non-hydrogen) atoms. The normalized spacial score (nSPS) is 10.7. The average Bonchev–Trinajstić information content (AvgIpc) is 3.05. The van der Waals surface area contributed by atoms with Crippen LogP contribution in [0.5, 0.6) is 0 Å². The van der Waals surface area contributed by atoms with Crippen molar-refractivity contribution in [2.75, 3.05) is 0 Å². The third-order valence-corrected chi connectivity index (χ3v) is 3.39. The van der Waals surface area contributed by atoms with Crippen LogP contribution in [-0.2, 0) is 0 Å². The van der Waals surface area contributed by atoms with Gasteiger partial charge >= 0.3 is 0 Å². The Labute approximate surface area is 135 Å². The highest BCUT2D eigenvalue weighted by molar-refractivity contribution is 6.00. The van der Waals surface area contributed by atoms with E-state index in [4.69, 9.17) is 4.42 Å². The summed E-state index contributed by atoms with van der Waals surface area (Å²) in [5, 5.41) is 2.90. The second-order valence-electron chi connectivity index (χ2n) is 5.57. The number of amides is 1. The Morgan fingerprint density at radius 1 is 1.04 bits per heavy atom. The molecule has 3 aromatic rings. The standard InChI is InChI=1S/C19H18N2O2/c1-13(2)21-18(22)15-10-6-7-11-16(15)19-20-12-17(23-19)14-8-4-3-5-9-14/h3-13H,1-2H3,(H,21,22). The van der Waals surface area contributed by atoms with Crippen LogP contribution in [0.2, 0.25) is 0 Å². The largest absolute Gasteiger partial charge is 0.436 e. The van der Waals surface area contributed by atoms with Gasteiger partial charge in [-0.15, -0.1) is 0 Å². The maximum atomic E-state index is 12.3. The highest BCUT2D eigenvalue weighted by atomic mass is 16.4. The molecule has 4 nitrogen and oxygen atoms in total. The lowest BCUT2D eigenvalue weighted by atomic mass is 10.1. The van der Waals surface area contributed by atoms with Crippen LogP contribution in [0.25, 0.3) is 22.8 Å². The molecule has 2 aromatic carbocycles. The number of oxazole rings is 1. The SMILES string of the molecule is CC(C)NC(=O)c1ccccc1-c1ncc(-c2ccccc2)o1. The van der Waals surface area contributed by atoms with Gasteiger partial charge < -0.3 is 9.73 Å². The first kappa shape index (κ1) is 15.0. The number of hydrogen-bond donors (Lipinski definition) is 1. The molecule has 1 amide bonds. The summed E-state index contributed by atoms with van der Waals surface area (Å²) in [7, 11) is 0. The van der Waals surface area contributed by atoms with Crippen molar-refractivity contribution in [3.63, 3.8) is 0 Å². The molecular formula is C19H18N2O2.